The first-order chi connectivity index (χ1) is 3.35. The molecule has 7 heavy (non-hydrogen) atoms. The molecule has 0 N–H and O–H groups in total. The highest BCUT2D eigenvalue weighted by Gasteiger charge is 1.93. The third-order valence-corrected chi connectivity index (χ3v) is 1.63. The van der Waals surface area contributed by atoms with Crippen LogP contribution >= 0.6 is 11.6 Å². The zero-order chi connectivity index (χ0) is 5.70. The van der Waals surface area contributed by atoms with Gasteiger partial charge in [-0.05, 0) is 0 Å². The summed E-state index contributed by atoms with van der Waals surface area (Å²) >= 11 is 5.39. The average molecular weight is 137 g/mol. The second-order valence-electron chi connectivity index (χ2n) is 1.16. The van der Waals surface area contributed by atoms with Crippen LogP contribution in [0.4, 0.5) is 0 Å². The minimum absolute atomic E-state index is 0.0772. The van der Waals surface area contributed by atoms with E-state index in [0.29, 0.717) is 5.88 Å². The van der Waals surface area contributed by atoms with Crippen LogP contribution in [0.3, 0.4) is 0 Å². The molecule has 0 amide bonds. The number of alkyl halides is 1. The van der Waals surface area contributed by atoms with Crippen molar-refractivity contribution in [2.45, 2.75) is 6.10 Å². The fourth-order valence-electron chi connectivity index (χ4n) is 0.222. The Labute approximate surface area is 51.9 Å². The zero-order valence-corrected chi connectivity index (χ0v) is 7.11. The average Bonchev–Trinajstić information content (AvgIpc) is 1.72. The molecule has 1 atom stereocenters. The highest BCUT2D eigenvalue weighted by atomic mass is 35.5. The van der Waals surface area contributed by atoms with Crippen LogP contribution in [0.5, 0.6) is 0 Å². The van der Waals surface area contributed by atoms with E-state index >= 15 is 0 Å². The minimum atomic E-state index is 0.0772. The van der Waals surface area contributed by atoms with Crippen molar-refractivity contribution in [1.82, 2.24) is 0 Å². The van der Waals surface area contributed by atoms with E-state index < -0.39 is 0 Å². The highest BCUT2D eigenvalue weighted by molar-refractivity contribution is 6.18. The van der Waals surface area contributed by atoms with E-state index in [1.807, 2.05) is 0 Å². The van der Waals surface area contributed by atoms with E-state index in [9.17, 15) is 0 Å². The van der Waals surface area contributed by atoms with Gasteiger partial charge in [-0.2, -0.15) is 0 Å². The van der Waals surface area contributed by atoms with E-state index in [0.717, 1.165) is 10.5 Å². The van der Waals surface area contributed by atoms with Crippen LogP contribution in [-0.2, 0) is 4.43 Å². The topological polar surface area (TPSA) is 9.23 Å². The van der Waals surface area contributed by atoms with Crippen molar-refractivity contribution >= 4 is 22.1 Å². The summed E-state index contributed by atoms with van der Waals surface area (Å²) in [6.07, 6.45) is 1.79. The maximum Gasteiger partial charge on any atom is 0.146 e. The molecule has 0 aliphatic carbocycles. The summed E-state index contributed by atoms with van der Waals surface area (Å²) in [6.45, 7) is 3.52. The normalized spacial score (nSPS) is 13.9. The molecule has 1 unspecified atom stereocenters. The molecule has 0 aromatic carbocycles. The van der Waals surface area contributed by atoms with Gasteiger partial charge in [0.1, 0.15) is 10.5 Å². The molecule has 0 fully saturated rings. The first-order valence-corrected chi connectivity index (χ1v) is 3.41. The molecule has 0 bridgehead atoms. The van der Waals surface area contributed by atoms with Crippen molar-refractivity contribution < 1.29 is 4.43 Å². The molecule has 0 rings (SSSR count). The molecule has 0 saturated heterocycles. The molecule has 0 aliphatic rings. The first kappa shape index (κ1) is 7.21. The quantitative estimate of drug-likeness (QED) is 0.303. The molecule has 0 aliphatic heterocycles. The van der Waals surface area contributed by atoms with Gasteiger partial charge in [0.2, 0.25) is 0 Å². The lowest BCUT2D eigenvalue weighted by Gasteiger charge is -2.03. The predicted octanol–water partition coefficient (Wildman–Crippen LogP) is 0.0768. The van der Waals surface area contributed by atoms with Crippen LogP contribution in [0.1, 0.15) is 0 Å². The molecule has 0 spiro atoms. The summed E-state index contributed by atoms with van der Waals surface area (Å²) in [6, 6.07) is 0. The van der Waals surface area contributed by atoms with Gasteiger partial charge in [0.25, 0.3) is 0 Å². The Hall–Kier alpha value is 0.207. The van der Waals surface area contributed by atoms with Crippen LogP contribution < -0.4 is 0 Å². The van der Waals surface area contributed by atoms with Gasteiger partial charge in [-0.15, -0.1) is 18.2 Å². The predicted molar refractivity (Wildman–Crippen MR) is 35.7 cm³/mol. The SMILES string of the molecule is C=CC(CCl)O[SiH3]. The Bertz CT molecular complexity index is 53.7. The van der Waals surface area contributed by atoms with Gasteiger partial charge < -0.3 is 4.43 Å². The maximum atomic E-state index is 5.39. The van der Waals surface area contributed by atoms with Gasteiger partial charge in [0.15, 0.2) is 0 Å². The lowest BCUT2D eigenvalue weighted by molar-refractivity contribution is 0.301. The van der Waals surface area contributed by atoms with E-state index in [2.05, 4.69) is 6.58 Å². The van der Waals surface area contributed by atoms with Crippen molar-refractivity contribution in [3.63, 3.8) is 0 Å². The number of halogens is 1. The standard InChI is InChI=1S/C4H9ClOSi/c1-2-4(3-5)6-7/h2,4H,1,3H2,7H3. The van der Waals surface area contributed by atoms with Gasteiger partial charge in [-0.25, -0.2) is 0 Å². The van der Waals surface area contributed by atoms with Crippen LogP contribution in [0, 0.1) is 0 Å². The lowest BCUT2D eigenvalue weighted by atomic mass is 10.4. The lowest BCUT2D eigenvalue weighted by Crippen LogP contribution is -2.07. The van der Waals surface area contributed by atoms with Gasteiger partial charge in [-0.3, -0.25) is 0 Å². The fourth-order valence-corrected chi connectivity index (χ4v) is 1.04. The number of rotatable bonds is 3. The molecule has 0 heterocycles. The summed E-state index contributed by atoms with van der Waals surface area (Å²) in [5.41, 5.74) is 0. The molecule has 0 aromatic rings. The minimum Gasteiger partial charge on any atom is -0.420 e. The molecule has 0 saturated carbocycles. The van der Waals surface area contributed by atoms with E-state index in [-0.39, 0.29) is 6.10 Å². The Morgan fingerprint density at radius 3 is 2.57 bits per heavy atom. The van der Waals surface area contributed by atoms with Crippen LogP contribution in [0.15, 0.2) is 12.7 Å². The summed E-state index contributed by atoms with van der Waals surface area (Å²) in [4.78, 5) is 0. The Balaban J connectivity index is 3.16. The van der Waals surface area contributed by atoms with E-state index in [4.69, 9.17) is 16.0 Å². The van der Waals surface area contributed by atoms with E-state index in [1.54, 1.807) is 6.08 Å². The summed E-state index contributed by atoms with van der Waals surface area (Å²) in [5.74, 6) is 0.521. The number of hydrogen-bond donors (Lipinski definition) is 0. The van der Waals surface area contributed by atoms with Crippen molar-refractivity contribution in [1.29, 1.82) is 0 Å². The Kier molecular flexibility index (Phi) is 4.50. The zero-order valence-electron chi connectivity index (χ0n) is 4.36. The van der Waals surface area contributed by atoms with Crippen LogP contribution in [0.25, 0.3) is 0 Å². The third kappa shape index (κ3) is 2.85. The van der Waals surface area contributed by atoms with Crippen molar-refractivity contribution in [2.24, 2.45) is 0 Å². The largest absolute Gasteiger partial charge is 0.420 e. The van der Waals surface area contributed by atoms with Crippen molar-refractivity contribution in [3.8, 4) is 0 Å². The van der Waals surface area contributed by atoms with Gasteiger partial charge in [0, 0.05) is 0 Å². The summed E-state index contributed by atoms with van der Waals surface area (Å²) in [7, 11) is 0.736. The van der Waals surface area contributed by atoms with Crippen LogP contribution in [0.2, 0.25) is 0 Å². The summed E-state index contributed by atoms with van der Waals surface area (Å²) in [5, 5.41) is 0. The molecule has 3 heteroatoms. The summed E-state index contributed by atoms with van der Waals surface area (Å²) < 4.78 is 4.94. The molecule has 0 aromatic heterocycles. The first-order valence-electron chi connectivity index (χ1n) is 2.06. The smallest absolute Gasteiger partial charge is 0.146 e. The Morgan fingerprint density at radius 2 is 2.57 bits per heavy atom. The third-order valence-electron chi connectivity index (χ3n) is 0.718. The monoisotopic (exact) mass is 136 g/mol. The molecular weight excluding hydrogens is 128 g/mol. The van der Waals surface area contributed by atoms with Gasteiger partial charge in [-0.1, -0.05) is 6.08 Å². The number of hydrogen-bond acceptors (Lipinski definition) is 1. The highest BCUT2D eigenvalue weighted by Crippen LogP contribution is 1.91. The molecular formula is C4H9ClOSi. The van der Waals surface area contributed by atoms with Gasteiger partial charge in [0.05, 0.1) is 12.0 Å². The fraction of sp³-hybridized carbons (Fsp3) is 0.500. The second-order valence-corrected chi connectivity index (χ2v) is 1.94. The maximum absolute atomic E-state index is 5.39. The Morgan fingerprint density at radius 1 is 2.00 bits per heavy atom. The van der Waals surface area contributed by atoms with Crippen molar-refractivity contribution in [2.75, 3.05) is 5.88 Å². The van der Waals surface area contributed by atoms with E-state index in [1.165, 1.54) is 0 Å². The molecule has 0 radical (unpaired) electrons. The van der Waals surface area contributed by atoms with Crippen LogP contribution in [-0.4, -0.2) is 22.5 Å². The molecule has 42 valence electrons. The molecule has 1 nitrogen and oxygen atoms in total. The second kappa shape index (κ2) is 4.37. The van der Waals surface area contributed by atoms with Gasteiger partial charge >= 0.3 is 0 Å². The van der Waals surface area contributed by atoms with Crippen molar-refractivity contribution in [3.05, 3.63) is 12.7 Å².